The third-order valence-corrected chi connectivity index (χ3v) is 4.02. The Balaban J connectivity index is 1.95. The lowest BCUT2D eigenvalue weighted by molar-refractivity contribution is 0.156. The molecule has 0 amide bonds. The van der Waals surface area contributed by atoms with Gasteiger partial charge < -0.3 is 5.73 Å². The molecule has 2 N–H and O–H groups in total. The van der Waals surface area contributed by atoms with E-state index in [0.29, 0.717) is 6.54 Å². The molecule has 1 fully saturated rings. The van der Waals surface area contributed by atoms with E-state index in [9.17, 15) is 0 Å². The van der Waals surface area contributed by atoms with Crippen LogP contribution in [0.5, 0.6) is 0 Å². The summed E-state index contributed by atoms with van der Waals surface area (Å²) in [7, 11) is 2.22. The Morgan fingerprint density at radius 3 is 2.83 bits per heavy atom. The average molecular weight is 247 g/mol. The van der Waals surface area contributed by atoms with Gasteiger partial charge in [-0.1, -0.05) is 25.8 Å². The monoisotopic (exact) mass is 247 g/mol. The normalized spacial score (nSPS) is 24.4. The van der Waals surface area contributed by atoms with Crippen LogP contribution >= 0.6 is 0 Å². The largest absolute Gasteiger partial charge is 0.325 e. The highest BCUT2D eigenvalue weighted by molar-refractivity contribution is 5.11. The molecular formula is C15H25N3. The highest BCUT2D eigenvalue weighted by Gasteiger charge is 2.22. The predicted octanol–water partition coefficient (Wildman–Crippen LogP) is 2.55. The highest BCUT2D eigenvalue weighted by atomic mass is 15.1. The number of hydrogen-bond donors (Lipinski definition) is 1. The SMILES string of the molecule is CC1CCCC(N(C)Cc2cccc(CN)n2)C1. The number of pyridine rings is 1. The van der Waals surface area contributed by atoms with Crippen molar-refractivity contribution in [1.82, 2.24) is 9.88 Å². The molecule has 1 aliphatic carbocycles. The summed E-state index contributed by atoms with van der Waals surface area (Å²) in [5, 5.41) is 0. The van der Waals surface area contributed by atoms with Gasteiger partial charge in [-0.2, -0.15) is 0 Å². The van der Waals surface area contributed by atoms with Gasteiger partial charge in [-0.05, 0) is 37.9 Å². The fourth-order valence-corrected chi connectivity index (χ4v) is 2.92. The minimum absolute atomic E-state index is 0.526. The molecule has 1 aliphatic rings. The van der Waals surface area contributed by atoms with E-state index in [0.717, 1.165) is 29.9 Å². The summed E-state index contributed by atoms with van der Waals surface area (Å²) in [4.78, 5) is 7.04. The van der Waals surface area contributed by atoms with Gasteiger partial charge in [-0.15, -0.1) is 0 Å². The Morgan fingerprint density at radius 1 is 1.33 bits per heavy atom. The topological polar surface area (TPSA) is 42.1 Å². The zero-order valence-corrected chi connectivity index (χ0v) is 11.6. The maximum absolute atomic E-state index is 5.63. The van der Waals surface area contributed by atoms with Gasteiger partial charge in [0.1, 0.15) is 0 Å². The number of nitrogens with zero attached hydrogens (tertiary/aromatic N) is 2. The Hall–Kier alpha value is -0.930. The summed E-state index contributed by atoms with van der Waals surface area (Å²) in [5.74, 6) is 0.870. The molecule has 0 radical (unpaired) electrons. The minimum Gasteiger partial charge on any atom is -0.325 e. The molecule has 1 aromatic heterocycles. The Labute approximate surface area is 110 Å². The lowest BCUT2D eigenvalue weighted by atomic mass is 9.86. The molecule has 2 atom stereocenters. The van der Waals surface area contributed by atoms with E-state index in [-0.39, 0.29) is 0 Å². The number of aromatic nitrogens is 1. The quantitative estimate of drug-likeness (QED) is 0.889. The van der Waals surface area contributed by atoms with Crippen molar-refractivity contribution in [1.29, 1.82) is 0 Å². The number of nitrogens with two attached hydrogens (primary N) is 1. The van der Waals surface area contributed by atoms with Crippen molar-refractivity contribution < 1.29 is 0 Å². The molecule has 100 valence electrons. The Morgan fingerprint density at radius 2 is 2.11 bits per heavy atom. The molecule has 3 heteroatoms. The van der Waals surface area contributed by atoms with Gasteiger partial charge in [-0.25, -0.2) is 0 Å². The maximum atomic E-state index is 5.63. The van der Waals surface area contributed by atoms with Crippen LogP contribution in [0.15, 0.2) is 18.2 Å². The lowest BCUT2D eigenvalue weighted by Crippen LogP contribution is -2.35. The smallest absolute Gasteiger partial charge is 0.0547 e. The van der Waals surface area contributed by atoms with Crippen LogP contribution in [0.1, 0.15) is 44.0 Å². The zero-order valence-electron chi connectivity index (χ0n) is 11.6. The van der Waals surface area contributed by atoms with E-state index < -0.39 is 0 Å². The second kappa shape index (κ2) is 6.30. The molecule has 0 aromatic carbocycles. The molecule has 1 saturated carbocycles. The first-order chi connectivity index (χ1) is 8.69. The van der Waals surface area contributed by atoms with Crippen LogP contribution < -0.4 is 5.73 Å². The summed E-state index contributed by atoms with van der Waals surface area (Å²) in [6.07, 6.45) is 5.42. The first kappa shape index (κ1) is 13.5. The van der Waals surface area contributed by atoms with Gasteiger partial charge in [0.25, 0.3) is 0 Å². The fourth-order valence-electron chi connectivity index (χ4n) is 2.92. The van der Waals surface area contributed by atoms with E-state index in [1.807, 2.05) is 6.07 Å². The maximum Gasteiger partial charge on any atom is 0.0547 e. The van der Waals surface area contributed by atoms with E-state index in [4.69, 9.17) is 5.73 Å². The van der Waals surface area contributed by atoms with Crippen molar-refractivity contribution in [2.45, 2.75) is 51.7 Å². The van der Waals surface area contributed by atoms with Crippen molar-refractivity contribution in [2.75, 3.05) is 7.05 Å². The highest BCUT2D eigenvalue weighted by Crippen LogP contribution is 2.27. The third-order valence-electron chi connectivity index (χ3n) is 4.02. The van der Waals surface area contributed by atoms with Gasteiger partial charge in [0.05, 0.1) is 11.4 Å². The Kier molecular flexibility index (Phi) is 4.72. The van der Waals surface area contributed by atoms with Crippen LogP contribution in [0.4, 0.5) is 0 Å². The molecule has 0 bridgehead atoms. The Bertz CT molecular complexity index is 378. The first-order valence-electron chi connectivity index (χ1n) is 7.04. The van der Waals surface area contributed by atoms with Crippen LogP contribution in [0.25, 0.3) is 0 Å². The molecule has 1 aromatic rings. The van der Waals surface area contributed by atoms with Crippen molar-refractivity contribution in [2.24, 2.45) is 11.7 Å². The second-order valence-electron chi connectivity index (χ2n) is 5.67. The molecular weight excluding hydrogens is 222 g/mol. The summed E-state index contributed by atoms with van der Waals surface area (Å²) < 4.78 is 0. The van der Waals surface area contributed by atoms with Gasteiger partial charge in [0.2, 0.25) is 0 Å². The molecule has 0 spiro atoms. The van der Waals surface area contributed by atoms with E-state index in [1.165, 1.54) is 25.7 Å². The van der Waals surface area contributed by atoms with E-state index >= 15 is 0 Å². The van der Waals surface area contributed by atoms with Crippen molar-refractivity contribution in [3.8, 4) is 0 Å². The van der Waals surface area contributed by atoms with Crippen LogP contribution in [0.2, 0.25) is 0 Å². The summed E-state index contributed by atoms with van der Waals surface area (Å²) >= 11 is 0. The zero-order chi connectivity index (χ0) is 13.0. The summed E-state index contributed by atoms with van der Waals surface area (Å²) in [5.41, 5.74) is 7.76. The molecule has 0 saturated heterocycles. The van der Waals surface area contributed by atoms with E-state index in [2.05, 4.69) is 36.0 Å². The first-order valence-corrected chi connectivity index (χ1v) is 7.04. The van der Waals surface area contributed by atoms with Gasteiger partial charge in [-0.3, -0.25) is 9.88 Å². The van der Waals surface area contributed by atoms with Crippen molar-refractivity contribution >= 4 is 0 Å². The number of hydrogen-bond acceptors (Lipinski definition) is 3. The van der Waals surface area contributed by atoms with Crippen LogP contribution in [0, 0.1) is 5.92 Å². The molecule has 1 heterocycles. The third kappa shape index (κ3) is 3.53. The van der Waals surface area contributed by atoms with Crippen LogP contribution in [-0.2, 0) is 13.1 Å². The standard InChI is InChI=1S/C15H25N3/c1-12-5-3-8-15(9-12)18(2)11-14-7-4-6-13(10-16)17-14/h4,6-7,12,15H,3,5,8-11,16H2,1-2H3. The summed E-state index contributed by atoms with van der Waals surface area (Å²) in [6, 6.07) is 6.87. The second-order valence-corrected chi connectivity index (χ2v) is 5.67. The van der Waals surface area contributed by atoms with Crippen LogP contribution in [-0.4, -0.2) is 23.0 Å². The number of rotatable bonds is 4. The molecule has 0 aliphatic heterocycles. The van der Waals surface area contributed by atoms with Gasteiger partial charge in [0, 0.05) is 19.1 Å². The van der Waals surface area contributed by atoms with E-state index in [1.54, 1.807) is 0 Å². The summed E-state index contributed by atoms with van der Waals surface area (Å²) in [6.45, 7) is 3.83. The lowest BCUT2D eigenvalue weighted by Gasteiger charge is -2.34. The molecule has 3 nitrogen and oxygen atoms in total. The molecule has 18 heavy (non-hydrogen) atoms. The van der Waals surface area contributed by atoms with Crippen molar-refractivity contribution in [3.63, 3.8) is 0 Å². The fraction of sp³-hybridized carbons (Fsp3) is 0.667. The van der Waals surface area contributed by atoms with Gasteiger partial charge in [0.15, 0.2) is 0 Å². The average Bonchev–Trinajstić information content (AvgIpc) is 2.39. The van der Waals surface area contributed by atoms with Crippen molar-refractivity contribution in [3.05, 3.63) is 29.6 Å². The molecule has 2 unspecified atom stereocenters. The minimum atomic E-state index is 0.526. The van der Waals surface area contributed by atoms with Crippen LogP contribution in [0.3, 0.4) is 0 Å². The predicted molar refractivity (Wildman–Crippen MR) is 75.0 cm³/mol. The molecule has 2 rings (SSSR count). The van der Waals surface area contributed by atoms with Gasteiger partial charge >= 0.3 is 0 Å².